The van der Waals surface area contributed by atoms with Crippen molar-refractivity contribution < 1.29 is 24.9 Å². The molecule has 10 heteroatoms. The van der Waals surface area contributed by atoms with Gasteiger partial charge in [-0.1, -0.05) is 17.2 Å². The first-order valence-electron chi connectivity index (χ1n) is 7.01. The monoisotopic (exact) mass is 354 g/mol. The maximum absolute atomic E-state index is 11.9. The van der Waals surface area contributed by atoms with Gasteiger partial charge in [0.2, 0.25) is 5.91 Å². The minimum Gasteiger partial charge on any atom is -0.508 e. The minimum absolute atomic E-state index is 0.0847. The van der Waals surface area contributed by atoms with Gasteiger partial charge in [-0.15, -0.1) is 0 Å². The van der Waals surface area contributed by atoms with Crippen molar-refractivity contribution in [3.63, 3.8) is 0 Å². The average Bonchev–Trinajstić information content (AvgIpc) is 2.53. The van der Waals surface area contributed by atoms with Crippen molar-refractivity contribution in [2.75, 3.05) is 12.4 Å². The van der Waals surface area contributed by atoms with Crippen LogP contribution in [0.4, 0.5) is 0 Å². The molecule has 130 valence electrons. The minimum atomic E-state index is -1.21. The number of azide groups is 1. The van der Waals surface area contributed by atoms with Crippen LogP contribution in [0, 0.1) is 0 Å². The van der Waals surface area contributed by atoms with Gasteiger partial charge in [-0.25, -0.2) is 4.79 Å². The summed E-state index contributed by atoms with van der Waals surface area (Å²) in [4.78, 5) is 25.7. The fourth-order valence-corrected chi connectivity index (χ4v) is 2.80. The van der Waals surface area contributed by atoms with Crippen molar-refractivity contribution in [3.05, 3.63) is 40.3 Å². The average molecular weight is 354 g/mol. The highest BCUT2D eigenvalue weighted by atomic mass is 32.2. The number of phenols is 1. The lowest BCUT2D eigenvalue weighted by Gasteiger charge is -2.17. The molecule has 1 aromatic carbocycles. The number of nitrogens with zero attached hydrogens (tertiary/aromatic N) is 3. The number of aliphatic hydroxyl groups excluding tert-OH is 1. The number of hydrogen-bond donors (Lipinski definition) is 4. The lowest BCUT2D eigenvalue weighted by molar-refractivity contribution is -0.141. The molecule has 1 aromatic rings. The summed E-state index contributed by atoms with van der Waals surface area (Å²) in [6.07, 6.45) is -0.0847. The first kappa shape index (κ1) is 19.6. The number of aliphatic carboxylic acids is 1. The summed E-state index contributed by atoms with van der Waals surface area (Å²) < 4.78 is 0. The van der Waals surface area contributed by atoms with E-state index in [1.807, 2.05) is 0 Å². The van der Waals surface area contributed by atoms with Crippen LogP contribution in [-0.4, -0.2) is 51.6 Å². The number of nitrogens with one attached hydrogen (secondary N) is 1. The van der Waals surface area contributed by atoms with Crippen LogP contribution in [0.3, 0.4) is 0 Å². The summed E-state index contributed by atoms with van der Waals surface area (Å²) in [5.41, 5.74) is 9.22. The third-order valence-corrected chi connectivity index (χ3v) is 4.08. The molecule has 0 spiro atoms. The van der Waals surface area contributed by atoms with Gasteiger partial charge in [0.15, 0.2) is 0 Å². The summed E-state index contributed by atoms with van der Waals surface area (Å²) in [5, 5.41) is 32.9. The van der Waals surface area contributed by atoms with Gasteiger partial charge in [-0.2, -0.15) is 11.8 Å². The van der Waals surface area contributed by atoms with Crippen LogP contribution >= 0.6 is 11.8 Å². The predicted octanol–water partition coefficient (Wildman–Crippen LogP) is 1.26. The van der Waals surface area contributed by atoms with Gasteiger partial charge in [0.1, 0.15) is 17.8 Å². The molecule has 1 rings (SSSR count). The summed E-state index contributed by atoms with van der Waals surface area (Å²) >= 11 is 1.27. The number of carboxylic acid groups (broad SMARTS) is 1. The smallest absolute Gasteiger partial charge is 0.327 e. The molecule has 0 bridgehead atoms. The van der Waals surface area contributed by atoms with E-state index in [0.29, 0.717) is 5.75 Å². The number of aliphatic hydroxyl groups is 1. The zero-order chi connectivity index (χ0) is 17.9. The van der Waals surface area contributed by atoms with E-state index in [-0.39, 0.29) is 24.5 Å². The number of aromatic hydroxyl groups is 1. The van der Waals surface area contributed by atoms with Crippen LogP contribution in [0.25, 0.3) is 10.4 Å². The Morgan fingerprint density at radius 1 is 1.42 bits per heavy atom. The number of carboxylic acids is 1. The van der Waals surface area contributed by atoms with Crippen LogP contribution < -0.4 is 5.32 Å². The van der Waals surface area contributed by atoms with Crippen molar-refractivity contribution >= 4 is 23.6 Å². The van der Waals surface area contributed by atoms with E-state index < -0.39 is 24.0 Å². The predicted molar refractivity (Wildman–Crippen MR) is 88.5 cm³/mol. The SMILES string of the molecule is [N-]=[N+]=N[C@@H](CCO)C(=O)NC(CSCc1cccc(O)c1)C(=O)O. The zero-order valence-corrected chi connectivity index (χ0v) is 13.5. The first-order chi connectivity index (χ1) is 11.5. The van der Waals surface area contributed by atoms with Crippen molar-refractivity contribution in [1.29, 1.82) is 0 Å². The van der Waals surface area contributed by atoms with E-state index in [1.54, 1.807) is 18.2 Å². The van der Waals surface area contributed by atoms with Crippen LogP contribution in [0.15, 0.2) is 29.4 Å². The molecule has 0 saturated carbocycles. The molecule has 24 heavy (non-hydrogen) atoms. The Balaban J connectivity index is 2.58. The van der Waals surface area contributed by atoms with E-state index in [1.165, 1.54) is 17.8 Å². The van der Waals surface area contributed by atoms with Crippen molar-refractivity contribution in [2.45, 2.75) is 24.3 Å². The van der Waals surface area contributed by atoms with E-state index in [9.17, 15) is 19.8 Å². The van der Waals surface area contributed by atoms with E-state index in [0.717, 1.165) is 5.56 Å². The maximum atomic E-state index is 11.9. The molecular formula is C14H18N4O5S. The molecule has 0 aliphatic carbocycles. The number of amides is 1. The summed E-state index contributed by atoms with van der Waals surface area (Å²) in [6.45, 7) is -0.360. The Labute approximate surface area is 142 Å². The molecule has 0 saturated heterocycles. The molecule has 4 N–H and O–H groups in total. The molecular weight excluding hydrogens is 336 g/mol. The van der Waals surface area contributed by atoms with Gasteiger partial charge >= 0.3 is 5.97 Å². The zero-order valence-electron chi connectivity index (χ0n) is 12.7. The third-order valence-electron chi connectivity index (χ3n) is 2.97. The highest BCUT2D eigenvalue weighted by molar-refractivity contribution is 7.98. The highest BCUT2D eigenvalue weighted by Crippen LogP contribution is 2.17. The number of rotatable bonds is 10. The third kappa shape index (κ3) is 6.78. The number of carbonyl (C=O) groups is 2. The van der Waals surface area contributed by atoms with Crippen LogP contribution in [0.2, 0.25) is 0 Å². The van der Waals surface area contributed by atoms with Crippen LogP contribution in [0.1, 0.15) is 12.0 Å². The topological polar surface area (TPSA) is 156 Å². The molecule has 1 unspecified atom stereocenters. The molecule has 1 amide bonds. The second kappa shape index (κ2) is 10.4. The van der Waals surface area contributed by atoms with E-state index >= 15 is 0 Å². The summed E-state index contributed by atoms with van der Waals surface area (Å²) in [6, 6.07) is 4.26. The summed E-state index contributed by atoms with van der Waals surface area (Å²) in [7, 11) is 0. The number of phenolic OH excluding ortho intramolecular Hbond substituents is 1. The van der Waals surface area contributed by atoms with Gasteiger partial charge in [-0.3, -0.25) is 4.79 Å². The standard InChI is InChI=1S/C14H18N4O5S/c15-18-17-11(4-5-19)13(21)16-12(14(22)23)8-24-7-9-2-1-3-10(20)6-9/h1-3,6,11-12,19-20H,4-5,7-8H2,(H,16,21)(H,22,23)/t11-,12?/m0/s1. The molecule has 0 fully saturated rings. The molecule has 9 nitrogen and oxygen atoms in total. The quantitative estimate of drug-likeness (QED) is 0.281. The summed E-state index contributed by atoms with van der Waals surface area (Å²) in [5.74, 6) is -1.27. The fraction of sp³-hybridized carbons (Fsp3) is 0.429. The lowest BCUT2D eigenvalue weighted by atomic mass is 10.2. The Bertz CT molecular complexity index is 621. The Hall–Kier alpha value is -2.42. The number of hydrogen-bond acceptors (Lipinski definition) is 6. The van der Waals surface area contributed by atoms with Crippen LogP contribution in [0.5, 0.6) is 5.75 Å². The second-order valence-corrected chi connectivity index (χ2v) is 5.85. The molecule has 0 aliphatic heterocycles. The van der Waals surface area contributed by atoms with Gasteiger partial charge in [0.05, 0.1) is 0 Å². The Morgan fingerprint density at radius 3 is 2.75 bits per heavy atom. The lowest BCUT2D eigenvalue weighted by Crippen LogP contribution is -2.46. The molecule has 0 aromatic heterocycles. The van der Waals surface area contributed by atoms with Crippen molar-refractivity contribution in [3.8, 4) is 5.75 Å². The molecule has 0 aliphatic rings. The van der Waals surface area contributed by atoms with Gasteiger partial charge < -0.3 is 20.6 Å². The highest BCUT2D eigenvalue weighted by Gasteiger charge is 2.24. The van der Waals surface area contributed by atoms with Crippen LogP contribution in [-0.2, 0) is 15.3 Å². The van der Waals surface area contributed by atoms with Crippen molar-refractivity contribution in [1.82, 2.24) is 5.32 Å². The van der Waals surface area contributed by atoms with E-state index in [4.69, 9.17) is 10.6 Å². The number of thioether (sulfide) groups is 1. The molecule has 0 heterocycles. The molecule has 0 radical (unpaired) electrons. The Morgan fingerprint density at radius 2 is 2.17 bits per heavy atom. The van der Waals surface area contributed by atoms with Crippen molar-refractivity contribution in [2.24, 2.45) is 5.11 Å². The normalized spacial score (nSPS) is 12.7. The van der Waals surface area contributed by atoms with Gasteiger partial charge in [0.25, 0.3) is 0 Å². The number of carbonyl (C=O) groups excluding carboxylic acids is 1. The second-order valence-electron chi connectivity index (χ2n) is 4.82. The van der Waals surface area contributed by atoms with E-state index in [2.05, 4.69) is 15.3 Å². The van der Waals surface area contributed by atoms with Gasteiger partial charge in [0, 0.05) is 23.0 Å². The Kier molecular flexibility index (Phi) is 8.48. The maximum Gasteiger partial charge on any atom is 0.327 e. The first-order valence-corrected chi connectivity index (χ1v) is 8.17. The molecule has 2 atom stereocenters. The van der Waals surface area contributed by atoms with Gasteiger partial charge in [-0.05, 0) is 29.6 Å². The largest absolute Gasteiger partial charge is 0.508 e. The number of benzene rings is 1. The fourth-order valence-electron chi connectivity index (χ4n) is 1.81.